The lowest BCUT2D eigenvalue weighted by atomic mass is 10.2. The zero-order chi connectivity index (χ0) is 10.1. The van der Waals surface area contributed by atoms with E-state index in [0.29, 0.717) is 0 Å². The average molecular weight is 383 g/mol. The van der Waals surface area contributed by atoms with E-state index in [9.17, 15) is 0 Å². The first-order chi connectivity index (χ1) is 6.72. The van der Waals surface area contributed by atoms with Crippen molar-refractivity contribution in [3.8, 4) is 5.75 Å². The molecule has 0 unspecified atom stereocenters. The standard InChI is InChI=1S/C10H8BrIOS/c1-2-13-6-3-4-7-8(5-6)14-10(12)9(7)11/h3-5H,2H2,1H3. The van der Waals surface area contributed by atoms with Gasteiger partial charge in [0.2, 0.25) is 0 Å². The molecule has 2 rings (SSSR count). The Morgan fingerprint density at radius 3 is 3.00 bits per heavy atom. The average Bonchev–Trinajstić information content (AvgIpc) is 2.43. The molecule has 0 aliphatic rings. The molecule has 1 aromatic carbocycles. The molecule has 1 heterocycles. The van der Waals surface area contributed by atoms with E-state index in [4.69, 9.17) is 4.74 Å². The normalized spacial score (nSPS) is 10.8. The molecule has 4 heteroatoms. The molecule has 0 amide bonds. The lowest BCUT2D eigenvalue weighted by molar-refractivity contribution is 0.341. The first-order valence-corrected chi connectivity index (χ1v) is 6.91. The number of hydrogen-bond acceptors (Lipinski definition) is 2. The van der Waals surface area contributed by atoms with E-state index >= 15 is 0 Å². The summed E-state index contributed by atoms with van der Waals surface area (Å²) >= 11 is 7.70. The fourth-order valence-corrected chi connectivity index (χ4v) is 3.84. The fourth-order valence-electron chi connectivity index (χ4n) is 1.27. The maximum absolute atomic E-state index is 5.45. The fraction of sp³-hybridized carbons (Fsp3) is 0.200. The van der Waals surface area contributed by atoms with Crippen molar-refractivity contribution in [2.75, 3.05) is 6.61 Å². The highest BCUT2D eigenvalue weighted by atomic mass is 127. The van der Waals surface area contributed by atoms with E-state index in [1.807, 2.05) is 13.0 Å². The third kappa shape index (κ3) is 1.92. The molecule has 1 nitrogen and oxygen atoms in total. The number of rotatable bonds is 2. The van der Waals surface area contributed by atoms with Crippen LogP contribution in [0.15, 0.2) is 22.7 Å². The molecule has 0 aliphatic carbocycles. The monoisotopic (exact) mass is 382 g/mol. The maximum Gasteiger partial charge on any atom is 0.120 e. The Morgan fingerprint density at radius 1 is 1.50 bits per heavy atom. The highest BCUT2D eigenvalue weighted by Crippen LogP contribution is 2.37. The van der Waals surface area contributed by atoms with Gasteiger partial charge >= 0.3 is 0 Å². The van der Waals surface area contributed by atoms with Crippen molar-refractivity contribution in [1.82, 2.24) is 0 Å². The minimum Gasteiger partial charge on any atom is -0.494 e. The summed E-state index contributed by atoms with van der Waals surface area (Å²) in [4.78, 5) is 0. The molecule has 0 bridgehead atoms. The maximum atomic E-state index is 5.45. The third-order valence-electron chi connectivity index (χ3n) is 1.87. The zero-order valence-electron chi connectivity index (χ0n) is 7.51. The predicted octanol–water partition coefficient (Wildman–Crippen LogP) is 4.67. The smallest absolute Gasteiger partial charge is 0.120 e. The summed E-state index contributed by atoms with van der Waals surface area (Å²) in [5, 5.41) is 1.27. The second kappa shape index (κ2) is 4.37. The van der Waals surface area contributed by atoms with Crippen molar-refractivity contribution in [3.63, 3.8) is 0 Å². The number of ether oxygens (including phenoxy) is 1. The number of fused-ring (bicyclic) bond motifs is 1. The van der Waals surface area contributed by atoms with Gasteiger partial charge in [-0.2, -0.15) is 0 Å². The van der Waals surface area contributed by atoms with Gasteiger partial charge in [0.05, 0.1) is 9.49 Å². The van der Waals surface area contributed by atoms with Gasteiger partial charge in [-0.15, -0.1) is 11.3 Å². The molecule has 0 radical (unpaired) electrons. The molecule has 0 spiro atoms. The summed E-state index contributed by atoms with van der Waals surface area (Å²) in [7, 11) is 0. The van der Waals surface area contributed by atoms with Gasteiger partial charge in [-0.05, 0) is 63.6 Å². The molecule has 0 aliphatic heterocycles. The quantitative estimate of drug-likeness (QED) is 0.686. The molecule has 14 heavy (non-hydrogen) atoms. The van der Waals surface area contributed by atoms with Crippen LogP contribution in [0.1, 0.15) is 6.92 Å². The molecule has 0 saturated heterocycles. The molecular formula is C10H8BrIOS. The SMILES string of the molecule is CCOc1ccc2c(Br)c(I)sc2c1. The molecule has 0 fully saturated rings. The Morgan fingerprint density at radius 2 is 2.29 bits per heavy atom. The Bertz CT molecular complexity index is 466. The molecule has 1 aromatic heterocycles. The van der Waals surface area contributed by atoms with Crippen LogP contribution in [0.2, 0.25) is 0 Å². The van der Waals surface area contributed by atoms with Crippen LogP contribution >= 0.6 is 49.9 Å². The summed E-state index contributed by atoms with van der Waals surface area (Å²) in [6.45, 7) is 2.72. The Labute approximate surface area is 109 Å². The number of halogens is 2. The molecule has 0 N–H and O–H groups in total. The van der Waals surface area contributed by atoms with Gasteiger partial charge < -0.3 is 4.74 Å². The van der Waals surface area contributed by atoms with Crippen molar-refractivity contribution in [2.45, 2.75) is 6.92 Å². The van der Waals surface area contributed by atoms with Gasteiger partial charge in [0, 0.05) is 14.6 Å². The minimum absolute atomic E-state index is 0.717. The van der Waals surface area contributed by atoms with Crippen molar-refractivity contribution in [1.29, 1.82) is 0 Å². The van der Waals surface area contributed by atoms with Crippen LogP contribution in [0.5, 0.6) is 5.75 Å². The van der Waals surface area contributed by atoms with Gasteiger partial charge in [-0.1, -0.05) is 0 Å². The van der Waals surface area contributed by atoms with Crippen molar-refractivity contribution >= 4 is 59.9 Å². The summed E-state index contributed by atoms with van der Waals surface area (Å²) in [6.07, 6.45) is 0. The van der Waals surface area contributed by atoms with Gasteiger partial charge in [0.1, 0.15) is 5.75 Å². The van der Waals surface area contributed by atoms with E-state index in [1.54, 1.807) is 11.3 Å². The highest BCUT2D eigenvalue weighted by molar-refractivity contribution is 14.1. The van der Waals surface area contributed by atoms with E-state index in [0.717, 1.165) is 12.4 Å². The summed E-state index contributed by atoms with van der Waals surface area (Å²) in [6, 6.07) is 6.21. The van der Waals surface area contributed by atoms with Crippen LogP contribution in [0.3, 0.4) is 0 Å². The topological polar surface area (TPSA) is 9.23 Å². The Kier molecular flexibility index (Phi) is 3.34. The van der Waals surface area contributed by atoms with Crippen molar-refractivity contribution < 1.29 is 4.74 Å². The Hall–Kier alpha value is 0.190. The van der Waals surface area contributed by atoms with Crippen LogP contribution in [0.25, 0.3) is 10.1 Å². The summed E-state index contributed by atoms with van der Waals surface area (Å²) in [5.41, 5.74) is 0. The third-order valence-corrected chi connectivity index (χ3v) is 5.84. The van der Waals surface area contributed by atoms with Crippen molar-refractivity contribution in [2.24, 2.45) is 0 Å². The van der Waals surface area contributed by atoms with Crippen LogP contribution in [-0.2, 0) is 0 Å². The van der Waals surface area contributed by atoms with E-state index in [2.05, 4.69) is 50.7 Å². The summed E-state index contributed by atoms with van der Waals surface area (Å²) < 4.78 is 9.20. The van der Waals surface area contributed by atoms with Crippen molar-refractivity contribution in [3.05, 3.63) is 25.6 Å². The molecule has 74 valence electrons. The largest absolute Gasteiger partial charge is 0.494 e. The van der Waals surface area contributed by atoms with E-state index in [1.165, 1.54) is 17.4 Å². The first kappa shape index (κ1) is 10.7. The molecule has 2 aromatic rings. The molecule has 0 atom stereocenters. The van der Waals surface area contributed by atoms with E-state index < -0.39 is 0 Å². The first-order valence-electron chi connectivity index (χ1n) is 4.22. The lowest BCUT2D eigenvalue weighted by Crippen LogP contribution is -1.89. The highest BCUT2D eigenvalue weighted by Gasteiger charge is 2.07. The number of benzene rings is 1. The second-order valence-electron chi connectivity index (χ2n) is 2.78. The van der Waals surface area contributed by atoms with Crippen LogP contribution in [0, 0.1) is 2.88 Å². The van der Waals surface area contributed by atoms with E-state index in [-0.39, 0.29) is 0 Å². The minimum atomic E-state index is 0.717. The Balaban J connectivity index is 2.56. The molecule has 0 saturated carbocycles. The lowest BCUT2D eigenvalue weighted by Gasteiger charge is -2.01. The van der Waals surface area contributed by atoms with Gasteiger partial charge in [0.25, 0.3) is 0 Å². The zero-order valence-corrected chi connectivity index (χ0v) is 12.1. The predicted molar refractivity (Wildman–Crippen MR) is 73.4 cm³/mol. The second-order valence-corrected chi connectivity index (χ2v) is 6.44. The summed E-state index contributed by atoms with van der Waals surface area (Å²) in [5.74, 6) is 0.949. The van der Waals surface area contributed by atoms with Crippen LogP contribution in [-0.4, -0.2) is 6.61 Å². The number of hydrogen-bond donors (Lipinski definition) is 0. The van der Waals surface area contributed by atoms with Gasteiger partial charge in [0.15, 0.2) is 0 Å². The van der Waals surface area contributed by atoms with Crippen LogP contribution < -0.4 is 4.74 Å². The van der Waals surface area contributed by atoms with Gasteiger partial charge in [-0.3, -0.25) is 0 Å². The van der Waals surface area contributed by atoms with Gasteiger partial charge in [-0.25, -0.2) is 0 Å². The molecular weight excluding hydrogens is 375 g/mol. The van der Waals surface area contributed by atoms with Crippen LogP contribution in [0.4, 0.5) is 0 Å². The number of thiophene rings is 1.